The second-order valence-corrected chi connectivity index (χ2v) is 7.76. The molecule has 1 aromatic heterocycles. The molecule has 1 amide bonds. The van der Waals surface area contributed by atoms with Gasteiger partial charge in [0.25, 0.3) is 5.91 Å². The first-order chi connectivity index (χ1) is 11.5. The third-order valence-corrected chi connectivity index (χ3v) is 6.18. The standard InChI is InChI=1S/C18H16FNO3S/c19-11-3-1-10(2-4-11)15(21)20-16-14(17(22)23)12-5-6-18(7-8-18)9-13(12)24-16/h1-4H,5-9H2,(H,20,21)(H,22,23). The molecule has 0 aliphatic heterocycles. The molecule has 4 nitrogen and oxygen atoms in total. The molecule has 1 heterocycles. The van der Waals surface area contributed by atoms with Crippen LogP contribution in [0.4, 0.5) is 9.39 Å². The zero-order chi connectivity index (χ0) is 16.9. The van der Waals surface area contributed by atoms with Crippen molar-refractivity contribution in [2.75, 3.05) is 5.32 Å². The zero-order valence-corrected chi connectivity index (χ0v) is 13.7. The van der Waals surface area contributed by atoms with Gasteiger partial charge >= 0.3 is 5.97 Å². The van der Waals surface area contributed by atoms with Gasteiger partial charge in [0, 0.05) is 10.4 Å². The molecule has 24 heavy (non-hydrogen) atoms. The second-order valence-electron chi connectivity index (χ2n) is 6.65. The molecule has 1 fully saturated rings. The van der Waals surface area contributed by atoms with Gasteiger partial charge in [-0.25, -0.2) is 9.18 Å². The summed E-state index contributed by atoms with van der Waals surface area (Å²) in [5.41, 5.74) is 1.78. The summed E-state index contributed by atoms with van der Waals surface area (Å²) in [6.07, 6.45) is 5.13. The van der Waals surface area contributed by atoms with Crippen LogP contribution in [0.1, 0.15) is 50.4 Å². The Morgan fingerprint density at radius 2 is 1.88 bits per heavy atom. The summed E-state index contributed by atoms with van der Waals surface area (Å²) in [7, 11) is 0. The molecule has 2 aliphatic rings. The molecular formula is C18H16FNO3S. The van der Waals surface area contributed by atoms with E-state index in [1.807, 2.05) is 0 Å². The molecule has 124 valence electrons. The fourth-order valence-corrected chi connectivity index (χ4v) is 4.84. The van der Waals surface area contributed by atoms with Crippen molar-refractivity contribution in [3.63, 3.8) is 0 Å². The highest BCUT2D eigenvalue weighted by Gasteiger charge is 2.46. The van der Waals surface area contributed by atoms with Crippen molar-refractivity contribution in [3.8, 4) is 0 Å². The van der Waals surface area contributed by atoms with E-state index in [-0.39, 0.29) is 5.56 Å². The number of anilines is 1. The maximum Gasteiger partial charge on any atom is 0.339 e. The summed E-state index contributed by atoms with van der Waals surface area (Å²) < 4.78 is 13.0. The number of nitrogens with one attached hydrogen (secondary N) is 1. The van der Waals surface area contributed by atoms with Crippen molar-refractivity contribution < 1.29 is 19.1 Å². The van der Waals surface area contributed by atoms with Crippen molar-refractivity contribution in [2.45, 2.75) is 32.1 Å². The first-order valence-corrected chi connectivity index (χ1v) is 8.74. The molecule has 6 heteroatoms. The van der Waals surface area contributed by atoms with Crippen LogP contribution in [-0.4, -0.2) is 17.0 Å². The van der Waals surface area contributed by atoms with Crippen LogP contribution in [0.15, 0.2) is 24.3 Å². The Bertz CT molecular complexity index is 837. The number of rotatable bonds is 3. The molecule has 1 spiro atoms. The number of halogens is 1. The Hall–Kier alpha value is -2.21. The number of amides is 1. The van der Waals surface area contributed by atoms with E-state index < -0.39 is 17.7 Å². The number of carboxylic acid groups (broad SMARTS) is 1. The van der Waals surface area contributed by atoms with Gasteiger partial charge in [-0.3, -0.25) is 4.79 Å². The minimum atomic E-state index is -1.01. The van der Waals surface area contributed by atoms with Gasteiger partial charge in [-0.05, 0) is 67.3 Å². The van der Waals surface area contributed by atoms with Gasteiger partial charge in [0.15, 0.2) is 0 Å². The van der Waals surface area contributed by atoms with E-state index in [0.29, 0.717) is 16.0 Å². The van der Waals surface area contributed by atoms with Crippen LogP contribution in [0.25, 0.3) is 0 Å². The molecule has 0 bridgehead atoms. The van der Waals surface area contributed by atoms with Crippen molar-refractivity contribution in [2.24, 2.45) is 5.41 Å². The molecule has 0 atom stereocenters. The molecule has 1 aromatic carbocycles. The summed E-state index contributed by atoms with van der Waals surface area (Å²) in [6.45, 7) is 0. The van der Waals surface area contributed by atoms with E-state index in [1.165, 1.54) is 48.4 Å². The Morgan fingerprint density at radius 3 is 2.50 bits per heavy atom. The maximum atomic E-state index is 13.0. The van der Waals surface area contributed by atoms with Gasteiger partial charge in [0.05, 0.1) is 5.56 Å². The van der Waals surface area contributed by atoms with Crippen LogP contribution in [0, 0.1) is 11.2 Å². The molecular weight excluding hydrogens is 329 g/mol. The number of hydrogen-bond donors (Lipinski definition) is 2. The average molecular weight is 345 g/mol. The highest BCUT2D eigenvalue weighted by molar-refractivity contribution is 7.17. The van der Waals surface area contributed by atoms with Gasteiger partial charge in [0.1, 0.15) is 10.8 Å². The summed E-state index contributed by atoms with van der Waals surface area (Å²) in [6, 6.07) is 5.20. The van der Waals surface area contributed by atoms with Crippen LogP contribution < -0.4 is 5.32 Å². The molecule has 2 N–H and O–H groups in total. The van der Waals surface area contributed by atoms with Crippen molar-refractivity contribution >= 4 is 28.2 Å². The third-order valence-electron chi connectivity index (χ3n) is 5.04. The van der Waals surface area contributed by atoms with Gasteiger partial charge in [-0.15, -0.1) is 11.3 Å². The molecule has 2 aromatic rings. The summed E-state index contributed by atoms with van der Waals surface area (Å²) in [5, 5.41) is 12.7. The quantitative estimate of drug-likeness (QED) is 0.880. The van der Waals surface area contributed by atoms with Crippen molar-refractivity contribution in [1.82, 2.24) is 0 Å². The third kappa shape index (κ3) is 2.60. The summed E-state index contributed by atoms with van der Waals surface area (Å²) in [5.74, 6) is -1.84. The van der Waals surface area contributed by atoms with E-state index in [1.54, 1.807) is 0 Å². The molecule has 0 unspecified atom stereocenters. The Morgan fingerprint density at radius 1 is 1.17 bits per heavy atom. The number of carbonyl (C=O) groups is 2. The van der Waals surface area contributed by atoms with Crippen LogP contribution in [0.3, 0.4) is 0 Å². The number of carbonyl (C=O) groups excluding carboxylic acids is 1. The molecule has 0 saturated heterocycles. The lowest BCUT2D eigenvalue weighted by atomic mass is 9.85. The fourth-order valence-electron chi connectivity index (χ4n) is 3.43. The number of thiophene rings is 1. The van der Waals surface area contributed by atoms with E-state index in [2.05, 4.69) is 5.32 Å². The van der Waals surface area contributed by atoms with E-state index in [0.717, 1.165) is 29.7 Å². The first kappa shape index (κ1) is 15.3. The lowest BCUT2D eigenvalue weighted by Gasteiger charge is -2.21. The normalized spacial score (nSPS) is 17.4. The predicted molar refractivity (Wildman–Crippen MR) is 89.3 cm³/mol. The number of hydrogen-bond acceptors (Lipinski definition) is 3. The minimum Gasteiger partial charge on any atom is -0.478 e. The number of fused-ring (bicyclic) bond motifs is 1. The molecule has 2 aliphatic carbocycles. The molecule has 4 rings (SSSR count). The number of carboxylic acids is 1. The Kier molecular flexibility index (Phi) is 3.46. The number of aromatic carboxylic acids is 1. The van der Waals surface area contributed by atoms with Crippen LogP contribution in [0.2, 0.25) is 0 Å². The zero-order valence-electron chi connectivity index (χ0n) is 12.9. The number of benzene rings is 1. The van der Waals surface area contributed by atoms with Crippen molar-refractivity contribution in [1.29, 1.82) is 0 Å². The smallest absolute Gasteiger partial charge is 0.339 e. The highest BCUT2D eigenvalue weighted by Crippen LogP contribution is 2.57. The Balaban J connectivity index is 1.65. The lowest BCUT2D eigenvalue weighted by molar-refractivity contribution is 0.0697. The van der Waals surface area contributed by atoms with Gasteiger partial charge < -0.3 is 10.4 Å². The minimum absolute atomic E-state index is 0.223. The topological polar surface area (TPSA) is 66.4 Å². The monoisotopic (exact) mass is 345 g/mol. The van der Waals surface area contributed by atoms with E-state index in [9.17, 15) is 19.1 Å². The van der Waals surface area contributed by atoms with E-state index in [4.69, 9.17) is 0 Å². The predicted octanol–water partition coefficient (Wildman–Crippen LogP) is 4.11. The lowest BCUT2D eigenvalue weighted by Crippen LogP contribution is -2.16. The Labute approximate surface area is 142 Å². The van der Waals surface area contributed by atoms with Crippen LogP contribution in [0.5, 0.6) is 0 Å². The van der Waals surface area contributed by atoms with Gasteiger partial charge in [-0.2, -0.15) is 0 Å². The molecule has 1 saturated carbocycles. The highest BCUT2D eigenvalue weighted by atomic mass is 32.1. The maximum absolute atomic E-state index is 13.0. The van der Waals surface area contributed by atoms with E-state index >= 15 is 0 Å². The average Bonchev–Trinajstić information content (AvgIpc) is 3.18. The van der Waals surface area contributed by atoms with Gasteiger partial charge in [-0.1, -0.05) is 0 Å². The largest absolute Gasteiger partial charge is 0.478 e. The second kappa shape index (κ2) is 5.41. The SMILES string of the molecule is O=C(Nc1sc2c(c1C(=O)O)CCC1(CC1)C2)c1ccc(F)cc1. The van der Waals surface area contributed by atoms with Crippen molar-refractivity contribution in [3.05, 3.63) is 51.7 Å². The van der Waals surface area contributed by atoms with Crippen LogP contribution >= 0.6 is 11.3 Å². The summed E-state index contributed by atoms with van der Waals surface area (Å²) in [4.78, 5) is 25.1. The first-order valence-electron chi connectivity index (χ1n) is 7.92. The van der Waals surface area contributed by atoms with Gasteiger partial charge in [0.2, 0.25) is 0 Å². The molecule has 0 radical (unpaired) electrons. The fraction of sp³-hybridized carbons (Fsp3) is 0.333. The van der Waals surface area contributed by atoms with Crippen LogP contribution in [-0.2, 0) is 12.8 Å². The summed E-state index contributed by atoms with van der Waals surface area (Å²) >= 11 is 1.37.